The largest absolute Gasteiger partial charge is 0.351 e. The third kappa shape index (κ3) is 4.13. The molecule has 3 amide bonds. The van der Waals surface area contributed by atoms with Gasteiger partial charge in [0.25, 0.3) is 0 Å². The minimum Gasteiger partial charge on any atom is -0.351 e. The van der Waals surface area contributed by atoms with Crippen LogP contribution in [0.3, 0.4) is 0 Å². The highest BCUT2D eigenvalue weighted by atomic mass is 16.2. The molecular formula is C21H29N5O2. The van der Waals surface area contributed by atoms with E-state index in [2.05, 4.69) is 22.3 Å². The molecule has 7 nitrogen and oxygen atoms in total. The van der Waals surface area contributed by atoms with Crippen molar-refractivity contribution >= 4 is 22.8 Å². The molecule has 1 aromatic heterocycles. The van der Waals surface area contributed by atoms with Gasteiger partial charge in [0.2, 0.25) is 5.91 Å². The van der Waals surface area contributed by atoms with Crippen LogP contribution in [-0.2, 0) is 11.2 Å². The van der Waals surface area contributed by atoms with E-state index >= 15 is 0 Å². The highest BCUT2D eigenvalue weighted by molar-refractivity contribution is 5.79. The number of hydrogen-bond donors (Lipinski definition) is 2. The molecule has 0 bridgehead atoms. The topological polar surface area (TPSA) is 95.3 Å². The molecule has 4 rings (SSSR count). The van der Waals surface area contributed by atoms with Gasteiger partial charge >= 0.3 is 6.03 Å². The number of primary amides is 1. The molecule has 3 N–H and O–H groups in total. The van der Waals surface area contributed by atoms with Crippen molar-refractivity contribution in [2.24, 2.45) is 17.6 Å². The lowest BCUT2D eigenvalue weighted by Gasteiger charge is -2.39. The first-order chi connectivity index (χ1) is 13.6. The second-order valence-corrected chi connectivity index (χ2v) is 8.17. The van der Waals surface area contributed by atoms with Gasteiger partial charge < -0.3 is 15.5 Å². The van der Waals surface area contributed by atoms with Gasteiger partial charge in [-0.3, -0.25) is 9.89 Å². The Morgan fingerprint density at radius 3 is 2.32 bits per heavy atom. The molecule has 0 aliphatic carbocycles. The van der Waals surface area contributed by atoms with Crippen LogP contribution in [0, 0.1) is 11.8 Å². The van der Waals surface area contributed by atoms with Crippen LogP contribution in [0.5, 0.6) is 0 Å². The molecule has 28 heavy (non-hydrogen) atoms. The Morgan fingerprint density at radius 1 is 1.04 bits per heavy atom. The molecule has 0 unspecified atom stereocenters. The van der Waals surface area contributed by atoms with Crippen molar-refractivity contribution in [1.29, 1.82) is 0 Å². The number of aromatic amines is 1. The van der Waals surface area contributed by atoms with Crippen molar-refractivity contribution in [3.05, 3.63) is 30.0 Å². The predicted molar refractivity (Wildman–Crippen MR) is 108 cm³/mol. The normalized spacial score (nSPS) is 19.3. The van der Waals surface area contributed by atoms with Gasteiger partial charge in [0.1, 0.15) is 0 Å². The number of nitrogens with zero attached hydrogens (tertiary/aromatic N) is 3. The molecule has 0 saturated carbocycles. The van der Waals surface area contributed by atoms with Crippen molar-refractivity contribution in [3.63, 3.8) is 0 Å². The average Bonchev–Trinajstić information content (AvgIpc) is 3.20. The zero-order chi connectivity index (χ0) is 19.5. The van der Waals surface area contributed by atoms with Gasteiger partial charge in [-0.15, -0.1) is 0 Å². The molecular weight excluding hydrogens is 354 g/mol. The van der Waals surface area contributed by atoms with Crippen LogP contribution in [0.2, 0.25) is 0 Å². The van der Waals surface area contributed by atoms with Crippen LogP contribution in [0.25, 0.3) is 10.9 Å². The summed E-state index contributed by atoms with van der Waals surface area (Å²) in [5.41, 5.74) is 7.58. The maximum Gasteiger partial charge on any atom is 0.314 e. The molecule has 0 spiro atoms. The zero-order valence-electron chi connectivity index (χ0n) is 16.3. The van der Waals surface area contributed by atoms with E-state index in [0.717, 1.165) is 69.2 Å². The molecule has 2 aliphatic heterocycles. The molecule has 2 aliphatic rings. The number of likely N-dealkylation sites (tertiary alicyclic amines) is 2. The van der Waals surface area contributed by atoms with Crippen LogP contribution >= 0.6 is 0 Å². The number of H-pyrrole nitrogens is 1. The van der Waals surface area contributed by atoms with Crippen LogP contribution in [0.4, 0.5) is 4.79 Å². The zero-order valence-corrected chi connectivity index (χ0v) is 16.3. The van der Waals surface area contributed by atoms with Gasteiger partial charge in [0, 0.05) is 38.0 Å². The fraction of sp³-hybridized carbons (Fsp3) is 0.571. The number of benzene rings is 1. The number of aromatic nitrogens is 2. The Bertz CT molecular complexity index is 832. The van der Waals surface area contributed by atoms with E-state index in [1.807, 2.05) is 17.2 Å². The summed E-state index contributed by atoms with van der Waals surface area (Å²) in [4.78, 5) is 27.7. The standard InChI is InChI=1S/C21H29N5O2/c22-21(28)26-11-7-17(8-12-26)16-5-9-25(10-6-16)20(27)4-2-15-1-3-19-18(13-15)14-23-24-19/h1,3,13-14,16-17H,2,4-12H2,(H2,22,28)(H,23,24). The second-order valence-electron chi connectivity index (χ2n) is 8.17. The molecule has 2 fully saturated rings. The van der Waals surface area contributed by atoms with E-state index in [1.54, 1.807) is 4.90 Å². The molecule has 3 heterocycles. The maximum atomic E-state index is 12.6. The molecule has 2 aromatic rings. The summed E-state index contributed by atoms with van der Waals surface area (Å²) in [7, 11) is 0. The van der Waals surface area contributed by atoms with Crippen molar-refractivity contribution in [3.8, 4) is 0 Å². The Morgan fingerprint density at radius 2 is 1.68 bits per heavy atom. The number of rotatable bonds is 4. The van der Waals surface area contributed by atoms with E-state index in [4.69, 9.17) is 5.73 Å². The smallest absolute Gasteiger partial charge is 0.314 e. The van der Waals surface area contributed by atoms with Gasteiger partial charge in [-0.2, -0.15) is 5.10 Å². The molecule has 2 saturated heterocycles. The quantitative estimate of drug-likeness (QED) is 0.849. The van der Waals surface area contributed by atoms with Gasteiger partial charge in [-0.05, 0) is 61.6 Å². The summed E-state index contributed by atoms with van der Waals surface area (Å²) in [5, 5.41) is 8.09. The minimum absolute atomic E-state index is 0.259. The Balaban J connectivity index is 1.22. The van der Waals surface area contributed by atoms with Crippen LogP contribution in [0.1, 0.15) is 37.7 Å². The average molecular weight is 383 g/mol. The second kappa shape index (κ2) is 8.20. The number of carbonyl (C=O) groups is 2. The lowest BCUT2D eigenvalue weighted by atomic mass is 9.79. The number of piperidine rings is 2. The number of hydrogen-bond acceptors (Lipinski definition) is 3. The Hall–Kier alpha value is -2.57. The van der Waals surface area contributed by atoms with Crippen LogP contribution in [-0.4, -0.2) is 58.1 Å². The lowest BCUT2D eigenvalue weighted by molar-refractivity contribution is -0.132. The number of aryl methyl sites for hydroxylation is 1. The summed E-state index contributed by atoms with van der Waals surface area (Å²) < 4.78 is 0. The molecule has 0 radical (unpaired) electrons. The summed E-state index contributed by atoms with van der Waals surface area (Å²) in [5.74, 6) is 1.59. The lowest BCUT2D eigenvalue weighted by Crippen LogP contribution is -2.45. The molecule has 0 atom stereocenters. The number of amides is 3. The predicted octanol–water partition coefficient (Wildman–Crippen LogP) is 2.52. The van der Waals surface area contributed by atoms with Gasteiger partial charge in [0.15, 0.2) is 0 Å². The maximum absolute atomic E-state index is 12.6. The van der Waals surface area contributed by atoms with Crippen LogP contribution < -0.4 is 5.73 Å². The first kappa shape index (κ1) is 18.8. The van der Waals surface area contributed by atoms with Crippen molar-refractivity contribution in [2.45, 2.75) is 38.5 Å². The highest BCUT2D eigenvalue weighted by Gasteiger charge is 2.31. The highest BCUT2D eigenvalue weighted by Crippen LogP contribution is 2.32. The number of nitrogens with one attached hydrogen (secondary N) is 1. The van der Waals surface area contributed by atoms with E-state index in [-0.39, 0.29) is 11.9 Å². The number of urea groups is 1. The van der Waals surface area contributed by atoms with Gasteiger partial charge in [-0.1, -0.05) is 6.07 Å². The van der Waals surface area contributed by atoms with Crippen LogP contribution in [0.15, 0.2) is 24.4 Å². The van der Waals surface area contributed by atoms with Crippen molar-refractivity contribution < 1.29 is 9.59 Å². The number of carbonyl (C=O) groups excluding carboxylic acids is 2. The van der Waals surface area contributed by atoms with E-state index in [1.165, 1.54) is 5.56 Å². The summed E-state index contributed by atoms with van der Waals surface area (Å²) in [6.45, 7) is 3.28. The van der Waals surface area contributed by atoms with E-state index in [9.17, 15) is 9.59 Å². The fourth-order valence-electron chi connectivity index (χ4n) is 4.77. The van der Waals surface area contributed by atoms with Crippen molar-refractivity contribution in [1.82, 2.24) is 20.0 Å². The minimum atomic E-state index is -0.300. The third-order valence-electron chi connectivity index (χ3n) is 6.54. The first-order valence-electron chi connectivity index (χ1n) is 10.3. The van der Waals surface area contributed by atoms with E-state index in [0.29, 0.717) is 18.3 Å². The Labute approximate surface area is 165 Å². The SMILES string of the molecule is NC(=O)N1CCC(C2CCN(C(=O)CCc3ccc4[nH]ncc4c3)CC2)CC1. The number of nitrogens with two attached hydrogens (primary N) is 1. The van der Waals surface area contributed by atoms with Crippen molar-refractivity contribution in [2.75, 3.05) is 26.2 Å². The third-order valence-corrected chi connectivity index (χ3v) is 6.54. The summed E-state index contributed by atoms with van der Waals surface area (Å²) in [6.07, 6.45) is 7.38. The van der Waals surface area contributed by atoms with E-state index < -0.39 is 0 Å². The molecule has 7 heteroatoms. The fourth-order valence-corrected chi connectivity index (χ4v) is 4.77. The van der Waals surface area contributed by atoms with Gasteiger partial charge in [0.05, 0.1) is 11.7 Å². The number of fused-ring (bicyclic) bond motifs is 1. The summed E-state index contributed by atoms with van der Waals surface area (Å²) >= 11 is 0. The monoisotopic (exact) mass is 383 g/mol. The molecule has 150 valence electrons. The summed E-state index contributed by atoms with van der Waals surface area (Å²) in [6, 6.07) is 5.90. The van der Waals surface area contributed by atoms with Gasteiger partial charge in [-0.25, -0.2) is 4.79 Å². The first-order valence-corrected chi connectivity index (χ1v) is 10.3. The Kier molecular flexibility index (Phi) is 5.50. The molecule has 1 aromatic carbocycles.